The first-order valence-electron chi connectivity index (χ1n) is 11.2. The molecule has 0 aliphatic carbocycles. The van der Waals surface area contributed by atoms with Gasteiger partial charge in [0.2, 0.25) is 5.91 Å². The van der Waals surface area contributed by atoms with Crippen molar-refractivity contribution in [1.29, 1.82) is 0 Å². The molecular weight excluding hydrogens is 378 g/mol. The second-order valence-electron chi connectivity index (χ2n) is 8.09. The average Bonchev–Trinajstić information content (AvgIpc) is 2.76. The zero-order chi connectivity index (χ0) is 21.6. The number of aliphatic imine (C=N–C) groups is 1. The average molecular weight is 418 g/mol. The second kappa shape index (κ2) is 14.0. The molecule has 1 aromatic carbocycles. The Balaban J connectivity index is 1.80. The molecular formula is C23H39N5O2. The van der Waals surface area contributed by atoms with E-state index in [0.29, 0.717) is 24.5 Å². The van der Waals surface area contributed by atoms with Gasteiger partial charge in [0.15, 0.2) is 5.96 Å². The van der Waals surface area contributed by atoms with Crippen molar-refractivity contribution in [3.8, 4) is 0 Å². The van der Waals surface area contributed by atoms with E-state index >= 15 is 0 Å². The van der Waals surface area contributed by atoms with E-state index in [1.165, 1.54) is 5.56 Å². The number of benzene rings is 1. The van der Waals surface area contributed by atoms with E-state index in [9.17, 15) is 4.79 Å². The number of nitrogens with one attached hydrogen (secondary N) is 3. The summed E-state index contributed by atoms with van der Waals surface area (Å²) in [6.45, 7) is 12.4. The third-order valence-corrected chi connectivity index (χ3v) is 5.11. The van der Waals surface area contributed by atoms with Crippen LogP contribution in [0.3, 0.4) is 0 Å². The summed E-state index contributed by atoms with van der Waals surface area (Å²) >= 11 is 0. The van der Waals surface area contributed by atoms with Crippen molar-refractivity contribution in [2.75, 3.05) is 52.5 Å². The Kier molecular flexibility index (Phi) is 11.3. The van der Waals surface area contributed by atoms with Crippen molar-refractivity contribution < 1.29 is 9.53 Å². The molecule has 168 valence electrons. The molecule has 1 aromatic rings. The van der Waals surface area contributed by atoms with Crippen molar-refractivity contribution >= 4 is 11.9 Å². The molecule has 1 aliphatic rings. The van der Waals surface area contributed by atoms with E-state index in [0.717, 1.165) is 52.2 Å². The van der Waals surface area contributed by atoms with Crippen molar-refractivity contribution in [2.45, 2.75) is 39.7 Å². The first-order chi connectivity index (χ1) is 14.6. The van der Waals surface area contributed by atoms with Crippen LogP contribution in [0.4, 0.5) is 0 Å². The maximum absolute atomic E-state index is 12.2. The summed E-state index contributed by atoms with van der Waals surface area (Å²) in [5, 5.41) is 9.63. The predicted molar refractivity (Wildman–Crippen MR) is 123 cm³/mol. The summed E-state index contributed by atoms with van der Waals surface area (Å²) in [4.78, 5) is 19.1. The number of morpholine rings is 1. The number of ether oxygens (including phenoxy) is 1. The Morgan fingerprint density at radius 2 is 1.87 bits per heavy atom. The topological polar surface area (TPSA) is 78.0 Å². The van der Waals surface area contributed by atoms with E-state index in [1.54, 1.807) is 0 Å². The van der Waals surface area contributed by atoms with Crippen LogP contribution in [0.1, 0.15) is 32.8 Å². The molecule has 1 amide bonds. The Hall–Kier alpha value is -2.12. The van der Waals surface area contributed by atoms with E-state index in [4.69, 9.17) is 4.74 Å². The van der Waals surface area contributed by atoms with Crippen LogP contribution in [0.2, 0.25) is 0 Å². The predicted octanol–water partition coefficient (Wildman–Crippen LogP) is 1.65. The molecule has 7 heteroatoms. The highest BCUT2D eigenvalue weighted by Crippen LogP contribution is 2.13. The Morgan fingerprint density at radius 3 is 2.53 bits per heavy atom. The van der Waals surface area contributed by atoms with Gasteiger partial charge in [-0.15, -0.1) is 0 Å². The number of carbonyl (C=O) groups is 1. The summed E-state index contributed by atoms with van der Waals surface area (Å²) in [7, 11) is 0. The van der Waals surface area contributed by atoms with E-state index in [2.05, 4.69) is 51.8 Å². The standard InChI is InChI=1S/C23H39N5O2/c1-4-24-23(26-17-21(16-19(2)3)28-12-14-30-15-13-28)27-18-22(29)25-11-10-20-8-6-5-7-9-20/h5-9,19,21H,4,10-18H2,1-3H3,(H,25,29)(H2,24,26,27). The number of hydrogen-bond donors (Lipinski definition) is 3. The van der Waals surface area contributed by atoms with Crippen molar-refractivity contribution in [3.05, 3.63) is 35.9 Å². The molecule has 0 saturated carbocycles. The van der Waals surface area contributed by atoms with Crippen LogP contribution >= 0.6 is 0 Å². The molecule has 30 heavy (non-hydrogen) atoms. The number of nitrogens with zero attached hydrogens (tertiary/aromatic N) is 2. The minimum atomic E-state index is -0.0601. The Bertz CT molecular complexity index is 630. The van der Waals surface area contributed by atoms with Gasteiger partial charge in [0.05, 0.1) is 13.2 Å². The molecule has 7 nitrogen and oxygen atoms in total. The minimum absolute atomic E-state index is 0.0601. The van der Waals surface area contributed by atoms with Gasteiger partial charge in [0.25, 0.3) is 0 Å². The van der Waals surface area contributed by atoms with E-state index in [1.807, 2.05) is 25.1 Å². The zero-order valence-electron chi connectivity index (χ0n) is 18.8. The van der Waals surface area contributed by atoms with Crippen LogP contribution in [-0.4, -0.2) is 75.3 Å². The van der Waals surface area contributed by atoms with Gasteiger partial charge in [0.1, 0.15) is 6.54 Å². The molecule has 2 rings (SSSR count). The van der Waals surface area contributed by atoms with Crippen molar-refractivity contribution in [3.63, 3.8) is 0 Å². The highest BCUT2D eigenvalue weighted by Gasteiger charge is 2.22. The summed E-state index contributed by atoms with van der Waals surface area (Å²) < 4.78 is 5.50. The number of carbonyl (C=O) groups excluding carboxylic acids is 1. The lowest BCUT2D eigenvalue weighted by Crippen LogP contribution is -2.51. The van der Waals surface area contributed by atoms with Gasteiger partial charge in [-0.2, -0.15) is 0 Å². The summed E-state index contributed by atoms with van der Waals surface area (Å²) in [5.41, 5.74) is 1.22. The zero-order valence-corrected chi connectivity index (χ0v) is 18.8. The maximum Gasteiger partial charge on any atom is 0.241 e. The molecule has 0 radical (unpaired) electrons. The van der Waals surface area contributed by atoms with Gasteiger partial charge in [0, 0.05) is 38.8 Å². The van der Waals surface area contributed by atoms with Crippen molar-refractivity contribution in [1.82, 2.24) is 20.9 Å². The third kappa shape index (κ3) is 9.59. The molecule has 1 aliphatic heterocycles. The molecule has 0 spiro atoms. The van der Waals surface area contributed by atoms with Crippen LogP contribution in [0.15, 0.2) is 35.3 Å². The van der Waals surface area contributed by atoms with E-state index < -0.39 is 0 Å². The van der Waals surface area contributed by atoms with Crippen LogP contribution in [0.25, 0.3) is 0 Å². The fraction of sp³-hybridized carbons (Fsp3) is 0.652. The lowest BCUT2D eigenvalue weighted by molar-refractivity contribution is -0.119. The van der Waals surface area contributed by atoms with Crippen LogP contribution < -0.4 is 16.0 Å². The summed E-state index contributed by atoms with van der Waals surface area (Å²) in [6, 6.07) is 10.6. The Labute approximate surface area is 181 Å². The van der Waals surface area contributed by atoms with Gasteiger partial charge >= 0.3 is 0 Å². The maximum atomic E-state index is 12.2. The fourth-order valence-corrected chi connectivity index (χ4v) is 3.60. The number of guanidine groups is 1. The molecule has 0 bridgehead atoms. The summed E-state index contributed by atoms with van der Waals surface area (Å²) in [6.07, 6.45) is 1.94. The van der Waals surface area contributed by atoms with E-state index in [-0.39, 0.29) is 12.5 Å². The molecule has 0 aromatic heterocycles. The highest BCUT2D eigenvalue weighted by atomic mass is 16.5. The van der Waals surface area contributed by atoms with Gasteiger partial charge < -0.3 is 20.7 Å². The normalized spacial score (nSPS) is 16.3. The quantitative estimate of drug-likeness (QED) is 0.377. The number of hydrogen-bond acceptors (Lipinski definition) is 4. The monoisotopic (exact) mass is 417 g/mol. The van der Waals surface area contributed by atoms with Crippen LogP contribution in [0, 0.1) is 5.92 Å². The van der Waals surface area contributed by atoms with Gasteiger partial charge in [-0.05, 0) is 31.2 Å². The first-order valence-corrected chi connectivity index (χ1v) is 11.2. The lowest BCUT2D eigenvalue weighted by Gasteiger charge is -2.35. The second-order valence-corrected chi connectivity index (χ2v) is 8.09. The molecule has 1 fully saturated rings. The third-order valence-electron chi connectivity index (χ3n) is 5.11. The minimum Gasteiger partial charge on any atom is -0.379 e. The smallest absolute Gasteiger partial charge is 0.241 e. The van der Waals surface area contributed by atoms with Gasteiger partial charge in [-0.3, -0.25) is 9.69 Å². The van der Waals surface area contributed by atoms with Crippen LogP contribution in [0.5, 0.6) is 0 Å². The Morgan fingerprint density at radius 1 is 1.13 bits per heavy atom. The lowest BCUT2D eigenvalue weighted by atomic mass is 10.0. The molecule has 1 atom stereocenters. The highest BCUT2D eigenvalue weighted by molar-refractivity contribution is 5.84. The molecule has 1 saturated heterocycles. The molecule has 1 heterocycles. The number of amides is 1. The molecule has 1 unspecified atom stereocenters. The van der Waals surface area contributed by atoms with Gasteiger partial charge in [-0.25, -0.2) is 4.99 Å². The molecule has 3 N–H and O–H groups in total. The van der Waals surface area contributed by atoms with Crippen LogP contribution in [-0.2, 0) is 16.0 Å². The fourth-order valence-electron chi connectivity index (χ4n) is 3.60. The SMILES string of the molecule is CCNC(=NCC(=O)NCCc1ccccc1)NCC(CC(C)C)N1CCOCC1. The first kappa shape index (κ1) is 24.2. The van der Waals surface area contributed by atoms with Gasteiger partial charge in [-0.1, -0.05) is 44.2 Å². The summed E-state index contributed by atoms with van der Waals surface area (Å²) in [5.74, 6) is 1.25. The van der Waals surface area contributed by atoms with Crippen molar-refractivity contribution in [2.24, 2.45) is 10.9 Å². The largest absolute Gasteiger partial charge is 0.379 e. The number of rotatable bonds is 11.